The fraction of sp³-hybridized carbons (Fsp3) is 0.0625. The van der Waals surface area contributed by atoms with Crippen molar-refractivity contribution in [2.24, 2.45) is 0 Å². The highest BCUT2D eigenvalue weighted by atomic mass is 19.1. The Hall–Kier alpha value is -3.29. The van der Waals surface area contributed by atoms with Crippen molar-refractivity contribution in [1.82, 2.24) is 14.8 Å². The summed E-state index contributed by atoms with van der Waals surface area (Å²) in [5.41, 5.74) is 1.12. The van der Waals surface area contributed by atoms with Crippen molar-refractivity contribution in [2.75, 3.05) is 11.9 Å². The Morgan fingerprint density at radius 1 is 1.21 bits per heavy atom. The van der Waals surface area contributed by atoms with Gasteiger partial charge < -0.3 is 10.1 Å². The Labute approximate surface area is 135 Å². The zero-order valence-corrected chi connectivity index (χ0v) is 12.3. The highest BCUT2D eigenvalue weighted by molar-refractivity contribution is 5.93. The number of hydrogen-bond acceptors (Lipinski definition) is 4. The monoisotopic (exact) mass is 330 g/mol. The fourth-order valence-corrected chi connectivity index (χ4v) is 2.03. The molecule has 122 valence electrons. The highest BCUT2D eigenvalue weighted by Gasteiger charge is 2.11. The third-order valence-corrected chi connectivity index (χ3v) is 3.10. The third-order valence-electron chi connectivity index (χ3n) is 3.10. The van der Waals surface area contributed by atoms with Gasteiger partial charge in [-0.15, -0.1) is 0 Å². The van der Waals surface area contributed by atoms with E-state index >= 15 is 0 Å². The van der Waals surface area contributed by atoms with Crippen LogP contribution in [-0.4, -0.2) is 27.3 Å². The zero-order chi connectivity index (χ0) is 16.9. The van der Waals surface area contributed by atoms with Crippen molar-refractivity contribution in [3.05, 3.63) is 66.8 Å². The Bertz CT molecular complexity index is 853. The van der Waals surface area contributed by atoms with Crippen LogP contribution in [0.4, 0.5) is 14.5 Å². The maximum atomic E-state index is 13.5. The predicted molar refractivity (Wildman–Crippen MR) is 81.8 cm³/mol. The first kappa shape index (κ1) is 15.6. The molecule has 0 spiro atoms. The van der Waals surface area contributed by atoms with Crippen LogP contribution in [0.5, 0.6) is 5.75 Å². The normalized spacial score (nSPS) is 10.4. The number of amides is 1. The molecule has 0 bridgehead atoms. The molecule has 6 nitrogen and oxygen atoms in total. The fourth-order valence-electron chi connectivity index (χ4n) is 2.03. The summed E-state index contributed by atoms with van der Waals surface area (Å²) >= 11 is 0. The van der Waals surface area contributed by atoms with Crippen LogP contribution >= 0.6 is 0 Å². The number of nitrogens with zero attached hydrogens (tertiary/aromatic N) is 3. The number of rotatable bonds is 5. The summed E-state index contributed by atoms with van der Waals surface area (Å²) in [6.45, 7) is -0.422. The lowest BCUT2D eigenvalue weighted by molar-refractivity contribution is -0.118. The lowest BCUT2D eigenvalue weighted by Gasteiger charge is -2.11. The first-order valence-electron chi connectivity index (χ1n) is 6.95. The zero-order valence-electron chi connectivity index (χ0n) is 12.3. The summed E-state index contributed by atoms with van der Waals surface area (Å²) in [6.07, 6.45) is 2.87. The molecule has 0 aliphatic heterocycles. The Kier molecular flexibility index (Phi) is 4.46. The quantitative estimate of drug-likeness (QED) is 0.781. The number of carbonyl (C=O) groups excluding carboxylic acids is 1. The Balaban J connectivity index is 1.67. The first-order valence-corrected chi connectivity index (χ1v) is 6.95. The number of ether oxygens (including phenoxy) is 1. The molecule has 0 saturated heterocycles. The van der Waals surface area contributed by atoms with Crippen LogP contribution in [0.2, 0.25) is 0 Å². The Morgan fingerprint density at radius 3 is 2.79 bits per heavy atom. The molecule has 1 N–H and O–H groups in total. The number of halogens is 2. The minimum Gasteiger partial charge on any atom is -0.481 e. The molecule has 2 aromatic carbocycles. The maximum Gasteiger partial charge on any atom is 0.262 e. The molecule has 0 fully saturated rings. The van der Waals surface area contributed by atoms with Crippen molar-refractivity contribution in [1.29, 1.82) is 0 Å². The summed E-state index contributed by atoms with van der Waals surface area (Å²) in [4.78, 5) is 15.9. The molecule has 1 aromatic heterocycles. The number of para-hydroxylation sites is 2. The largest absolute Gasteiger partial charge is 0.481 e. The van der Waals surface area contributed by atoms with Gasteiger partial charge in [0.2, 0.25) is 0 Å². The summed E-state index contributed by atoms with van der Waals surface area (Å²) in [5.74, 6) is -2.28. The van der Waals surface area contributed by atoms with Crippen LogP contribution < -0.4 is 10.1 Å². The summed E-state index contributed by atoms with van der Waals surface area (Å²) in [5, 5.41) is 6.66. The van der Waals surface area contributed by atoms with Gasteiger partial charge in [0.15, 0.2) is 18.2 Å². The van der Waals surface area contributed by atoms with Gasteiger partial charge in [0.1, 0.15) is 18.5 Å². The number of benzene rings is 2. The number of carbonyl (C=O) groups is 1. The molecule has 0 atom stereocenters. The van der Waals surface area contributed by atoms with E-state index in [0.29, 0.717) is 17.4 Å². The van der Waals surface area contributed by atoms with E-state index in [0.717, 1.165) is 12.1 Å². The highest BCUT2D eigenvalue weighted by Crippen LogP contribution is 2.20. The topological polar surface area (TPSA) is 69.0 Å². The van der Waals surface area contributed by atoms with Crippen molar-refractivity contribution < 1.29 is 18.3 Å². The van der Waals surface area contributed by atoms with Crippen molar-refractivity contribution in [3.63, 3.8) is 0 Å². The summed E-state index contributed by atoms with van der Waals surface area (Å²) in [6, 6.07) is 9.84. The number of nitrogens with one attached hydrogen (secondary N) is 1. The van der Waals surface area contributed by atoms with E-state index in [9.17, 15) is 13.6 Å². The molecule has 0 aliphatic carbocycles. The molecular weight excluding hydrogens is 318 g/mol. The van der Waals surface area contributed by atoms with Gasteiger partial charge in [0, 0.05) is 6.07 Å². The van der Waals surface area contributed by atoms with E-state index in [4.69, 9.17) is 4.74 Å². The predicted octanol–water partition coefficient (Wildman–Crippen LogP) is 2.56. The van der Waals surface area contributed by atoms with Gasteiger partial charge in [0.05, 0.1) is 11.4 Å². The lowest BCUT2D eigenvalue weighted by atomic mass is 10.2. The van der Waals surface area contributed by atoms with Crippen LogP contribution in [0.25, 0.3) is 5.69 Å². The van der Waals surface area contributed by atoms with Gasteiger partial charge in [-0.3, -0.25) is 4.79 Å². The maximum absolute atomic E-state index is 13.5. The molecule has 1 heterocycles. The Morgan fingerprint density at radius 2 is 2.04 bits per heavy atom. The van der Waals surface area contributed by atoms with E-state index in [-0.39, 0.29) is 5.75 Å². The minimum absolute atomic E-state index is 0.198. The van der Waals surface area contributed by atoms with E-state index in [1.54, 1.807) is 24.3 Å². The van der Waals surface area contributed by atoms with Crippen molar-refractivity contribution in [3.8, 4) is 11.4 Å². The van der Waals surface area contributed by atoms with Crippen LogP contribution in [0.15, 0.2) is 55.1 Å². The average molecular weight is 330 g/mol. The van der Waals surface area contributed by atoms with E-state index in [2.05, 4.69) is 15.4 Å². The minimum atomic E-state index is -0.870. The SMILES string of the molecule is O=C(COc1ccc(F)cc1F)Nc1ccccc1-n1cncn1. The third kappa shape index (κ3) is 3.54. The van der Waals surface area contributed by atoms with Gasteiger partial charge >= 0.3 is 0 Å². The lowest BCUT2D eigenvalue weighted by Crippen LogP contribution is -2.21. The first-order chi connectivity index (χ1) is 11.6. The molecule has 1 amide bonds. The molecule has 0 saturated carbocycles. The average Bonchev–Trinajstić information content (AvgIpc) is 3.09. The second kappa shape index (κ2) is 6.86. The van der Waals surface area contributed by atoms with Crippen LogP contribution in [0, 0.1) is 11.6 Å². The van der Waals surface area contributed by atoms with Gasteiger partial charge in [-0.05, 0) is 24.3 Å². The van der Waals surface area contributed by atoms with Gasteiger partial charge in [-0.25, -0.2) is 18.4 Å². The van der Waals surface area contributed by atoms with E-state index in [1.165, 1.54) is 17.3 Å². The molecule has 0 radical (unpaired) electrons. The van der Waals surface area contributed by atoms with Crippen molar-refractivity contribution in [2.45, 2.75) is 0 Å². The molecule has 0 aliphatic rings. The molecule has 24 heavy (non-hydrogen) atoms. The molecule has 0 unspecified atom stereocenters. The standard InChI is InChI=1S/C16H12F2N4O2/c17-11-5-6-15(12(18)7-11)24-8-16(23)21-13-3-1-2-4-14(13)22-10-19-9-20-22/h1-7,9-10H,8H2,(H,21,23). The van der Waals surface area contributed by atoms with Crippen LogP contribution in [0.1, 0.15) is 0 Å². The van der Waals surface area contributed by atoms with Crippen LogP contribution in [-0.2, 0) is 4.79 Å². The molecule has 8 heteroatoms. The van der Waals surface area contributed by atoms with Crippen molar-refractivity contribution >= 4 is 11.6 Å². The van der Waals surface area contributed by atoms with E-state index in [1.807, 2.05) is 0 Å². The summed E-state index contributed by atoms with van der Waals surface area (Å²) in [7, 11) is 0. The van der Waals surface area contributed by atoms with Gasteiger partial charge in [-0.2, -0.15) is 5.10 Å². The summed E-state index contributed by atoms with van der Waals surface area (Å²) < 4.78 is 32.9. The second-order valence-electron chi connectivity index (χ2n) is 4.77. The molecular formula is C16H12F2N4O2. The number of anilines is 1. The number of aromatic nitrogens is 3. The van der Waals surface area contributed by atoms with Gasteiger partial charge in [-0.1, -0.05) is 12.1 Å². The van der Waals surface area contributed by atoms with Gasteiger partial charge in [0.25, 0.3) is 5.91 Å². The van der Waals surface area contributed by atoms with E-state index < -0.39 is 24.1 Å². The second-order valence-corrected chi connectivity index (χ2v) is 4.77. The molecule has 3 aromatic rings. The number of hydrogen-bond donors (Lipinski definition) is 1. The molecule has 3 rings (SSSR count). The smallest absolute Gasteiger partial charge is 0.262 e. The van der Waals surface area contributed by atoms with Crippen LogP contribution in [0.3, 0.4) is 0 Å².